The van der Waals surface area contributed by atoms with E-state index in [0.29, 0.717) is 42.2 Å². The van der Waals surface area contributed by atoms with Crippen molar-refractivity contribution in [3.63, 3.8) is 0 Å². The van der Waals surface area contributed by atoms with Crippen LogP contribution in [0.1, 0.15) is 26.1 Å². The van der Waals surface area contributed by atoms with Crippen molar-refractivity contribution in [2.45, 2.75) is 32.7 Å². The molecule has 0 spiro atoms. The molecule has 1 atom stereocenters. The minimum absolute atomic E-state index is 0.147. The molecule has 1 amide bonds. The first kappa shape index (κ1) is 15.4. The number of rotatable bonds is 6. The Morgan fingerprint density at radius 2 is 2.24 bits per heavy atom. The molecule has 114 valence electrons. The van der Waals surface area contributed by atoms with Crippen molar-refractivity contribution in [1.82, 2.24) is 15.3 Å². The van der Waals surface area contributed by atoms with E-state index in [2.05, 4.69) is 15.3 Å². The van der Waals surface area contributed by atoms with E-state index in [4.69, 9.17) is 5.73 Å². The molecule has 2 rings (SSSR count). The number of aromatic nitrogens is 2. The highest BCUT2D eigenvalue weighted by molar-refractivity contribution is 5.81. The number of carbonyl (C=O) groups is 1. The van der Waals surface area contributed by atoms with Crippen LogP contribution in [0.25, 0.3) is 11.0 Å². The van der Waals surface area contributed by atoms with Crippen molar-refractivity contribution in [3.05, 3.63) is 29.8 Å². The summed E-state index contributed by atoms with van der Waals surface area (Å²) in [6.07, 6.45) is 1.21. The Balaban J connectivity index is 1.86. The zero-order valence-electron chi connectivity index (χ0n) is 12.3. The summed E-state index contributed by atoms with van der Waals surface area (Å²) < 4.78 is 13.1. The number of carbonyl (C=O) groups excluding carboxylic acids is 1. The van der Waals surface area contributed by atoms with Gasteiger partial charge in [0.05, 0.1) is 17.1 Å². The van der Waals surface area contributed by atoms with Crippen LogP contribution in [0, 0.1) is 11.7 Å². The van der Waals surface area contributed by atoms with Crippen molar-refractivity contribution in [3.8, 4) is 0 Å². The standard InChI is InChI=1S/C15H21FN4O/c1-9(2)7-11(17)15(21)18-6-5-14-19-12-4-3-10(16)8-13(12)20-14/h3-4,8-9,11H,5-7,17H2,1-2H3,(H,18,21)(H,19,20)/t11-/m0/s1. The Kier molecular flexibility index (Phi) is 4.90. The van der Waals surface area contributed by atoms with E-state index in [9.17, 15) is 9.18 Å². The summed E-state index contributed by atoms with van der Waals surface area (Å²) >= 11 is 0. The van der Waals surface area contributed by atoms with Gasteiger partial charge in [0, 0.05) is 13.0 Å². The van der Waals surface area contributed by atoms with Crippen molar-refractivity contribution < 1.29 is 9.18 Å². The highest BCUT2D eigenvalue weighted by Gasteiger charge is 2.14. The summed E-state index contributed by atoms with van der Waals surface area (Å²) in [5.41, 5.74) is 7.18. The van der Waals surface area contributed by atoms with Gasteiger partial charge in [-0.25, -0.2) is 9.37 Å². The van der Waals surface area contributed by atoms with Gasteiger partial charge in [-0.15, -0.1) is 0 Å². The smallest absolute Gasteiger partial charge is 0.236 e. The number of nitrogens with one attached hydrogen (secondary N) is 2. The molecule has 0 aliphatic heterocycles. The van der Waals surface area contributed by atoms with Gasteiger partial charge < -0.3 is 16.0 Å². The van der Waals surface area contributed by atoms with Gasteiger partial charge >= 0.3 is 0 Å². The molecule has 0 saturated heterocycles. The third-order valence-electron chi connectivity index (χ3n) is 3.22. The maximum atomic E-state index is 13.1. The Morgan fingerprint density at radius 1 is 1.48 bits per heavy atom. The van der Waals surface area contributed by atoms with Gasteiger partial charge in [-0.3, -0.25) is 4.79 Å². The van der Waals surface area contributed by atoms with Crippen molar-refractivity contribution in [2.24, 2.45) is 11.7 Å². The highest BCUT2D eigenvalue weighted by atomic mass is 19.1. The maximum absolute atomic E-state index is 13.1. The van der Waals surface area contributed by atoms with Crippen LogP contribution in [0.5, 0.6) is 0 Å². The molecule has 4 N–H and O–H groups in total. The normalized spacial score (nSPS) is 12.8. The lowest BCUT2D eigenvalue weighted by Gasteiger charge is -2.13. The molecule has 0 saturated carbocycles. The molecular weight excluding hydrogens is 271 g/mol. The van der Waals surface area contributed by atoms with Gasteiger partial charge in [0.2, 0.25) is 5.91 Å². The van der Waals surface area contributed by atoms with Crippen LogP contribution < -0.4 is 11.1 Å². The summed E-state index contributed by atoms with van der Waals surface area (Å²) in [7, 11) is 0. The molecule has 0 aliphatic carbocycles. The van der Waals surface area contributed by atoms with Crippen LogP contribution in [-0.4, -0.2) is 28.5 Å². The molecule has 21 heavy (non-hydrogen) atoms. The summed E-state index contributed by atoms with van der Waals surface area (Å²) in [4.78, 5) is 19.1. The van der Waals surface area contributed by atoms with Crippen LogP contribution in [0.3, 0.4) is 0 Å². The first-order valence-corrected chi connectivity index (χ1v) is 7.13. The second-order valence-electron chi connectivity index (χ2n) is 5.62. The number of hydrogen-bond donors (Lipinski definition) is 3. The summed E-state index contributed by atoms with van der Waals surface area (Å²) in [6.45, 7) is 4.51. The third kappa shape index (κ3) is 4.26. The van der Waals surface area contributed by atoms with E-state index in [0.717, 1.165) is 0 Å². The van der Waals surface area contributed by atoms with Gasteiger partial charge in [-0.2, -0.15) is 0 Å². The molecule has 0 fully saturated rings. The van der Waals surface area contributed by atoms with Crippen LogP contribution in [0.4, 0.5) is 4.39 Å². The van der Waals surface area contributed by atoms with Crippen LogP contribution in [-0.2, 0) is 11.2 Å². The fourth-order valence-corrected chi connectivity index (χ4v) is 2.20. The number of halogens is 1. The Labute approximate surface area is 123 Å². The molecule has 0 bridgehead atoms. The summed E-state index contributed by atoms with van der Waals surface area (Å²) in [5.74, 6) is 0.654. The van der Waals surface area contributed by atoms with E-state index < -0.39 is 6.04 Å². The molecule has 5 nitrogen and oxygen atoms in total. The average Bonchev–Trinajstić information content (AvgIpc) is 2.79. The Hall–Kier alpha value is -1.95. The number of H-pyrrole nitrogens is 1. The first-order valence-electron chi connectivity index (χ1n) is 7.13. The zero-order valence-corrected chi connectivity index (χ0v) is 12.3. The van der Waals surface area contributed by atoms with Crippen LogP contribution >= 0.6 is 0 Å². The molecule has 1 heterocycles. The van der Waals surface area contributed by atoms with Crippen LogP contribution in [0.2, 0.25) is 0 Å². The lowest BCUT2D eigenvalue weighted by atomic mass is 10.0. The summed E-state index contributed by atoms with van der Waals surface area (Å²) in [5, 5.41) is 2.79. The van der Waals surface area contributed by atoms with E-state index in [1.54, 1.807) is 6.07 Å². The fourth-order valence-electron chi connectivity index (χ4n) is 2.20. The van der Waals surface area contributed by atoms with Crippen molar-refractivity contribution >= 4 is 16.9 Å². The first-order chi connectivity index (χ1) is 9.95. The predicted molar refractivity (Wildman–Crippen MR) is 80.2 cm³/mol. The predicted octanol–water partition coefficient (Wildman–Crippen LogP) is 1.73. The highest BCUT2D eigenvalue weighted by Crippen LogP contribution is 2.13. The SMILES string of the molecule is CC(C)C[C@H](N)C(=O)NCCc1nc2ccc(F)cc2[nH]1. The molecule has 2 aromatic rings. The summed E-state index contributed by atoms with van der Waals surface area (Å²) in [6, 6.07) is 3.93. The van der Waals surface area contributed by atoms with E-state index in [1.807, 2.05) is 13.8 Å². The fraction of sp³-hybridized carbons (Fsp3) is 0.467. The van der Waals surface area contributed by atoms with Gasteiger partial charge in [0.15, 0.2) is 0 Å². The number of aromatic amines is 1. The van der Waals surface area contributed by atoms with Gasteiger partial charge in [-0.1, -0.05) is 13.8 Å². The molecule has 1 aromatic carbocycles. The lowest BCUT2D eigenvalue weighted by molar-refractivity contribution is -0.122. The van der Waals surface area contributed by atoms with E-state index >= 15 is 0 Å². The third-order valence-corrected chi connectivity index (χ3v) is 3.22. The number of fused-ring (bicyclic) bond motifs is 1. The number of imidazole rings is 1. The molecule has 6 heteroatoms. The number of nitrogens with zero attached hydrogens (tertiary/aromatic N) is 1. The van der Waals surface area contributed by atoms with E-state index in [-0.39, 0.29) is 11.7 Å². The molecule has 1 aromatic heterocycles. The topological polar surface area (TPSA) is 83.8 Å². The number of nitrogens with two attached hydrogens (primary N) is 1. The minimum atomic E-state index is -0.477. The molecule has 0 radical (unpaired) electrons. The lowest BCUT2D eigenvalue weighted by Crippen LogP contribution is -2.42. The quantitative estimate of drug-likeness (QED) is 0.758. The molecule has 0 unspecified atom stereocenters. The van der Waals surface area contributed by atoms with Crippen LogP contribution in [0.15, 0.2) is 18.2 Å². The van der Waals surface area contributed by atoms with Gasteiger partial charge in [0.25, 0.3) is 0 Å². The van der Waals surface area contributed by atoms with Gasteiger partial charge in [0.1, 0.15) is 11.6 Å². The monoisotopic (exact) mass is 292 g/mol. The van der Waals surface area contributed by atoms with Gasteiger partial charge in [-0.05, 0) is 30.5 Å². The Morgan fingerprint density at radius 3 is 2.95 bits per heavy atom. The number of benzene rings is 1. The molecular formula is C15H21FN4O. The second kappa shape index (κ2) is 6.67. The molecule has 0 aliphatic rings. The largest absolute Gasteiger partial charge is 0.354 e. The van der Waals surface area contributed by atoms with E-state index in [1.165, 1.54) is 12.1 Å². The average molecular weight is 292 g/mol. The zero-order chi connectivity index (χ0) is 15.4. The second-order valence-corrected chi connectivity index (χ2v) is 5.62. The van der Waals surface area contributed by atoms with Crippen molar-refractivity contribution in [2.75, 3.05) is 6.54 Å². The Bertz CT molecular complexity index is 623. The number of hydrogen-bond acceptors (Lipinski definition) is 3. The maximum Gasteiger partial charge on any atom is 0.236 e. The number of amides is 1. The minimum Gasteiger partial charge on any atom is -0.354 e. The van der Waals surface area contributed by atoms with Crippen molar-refractivity contribution in [1.29, 1.82) is 0 Å².